The summed E-state index contributed by atoms with van der Waals surface area (Å²) in [6, 6.07) is 0.395. The number of amides is 1. The van der Waals surface area contributed by atoms with Crippen LogP contribution < -0.4 is 5.73 Å². The molecular weight excluding hydrogens is 222 g/mol. The molecule has 2 aliphatic heterocycles. The molecule has 2 rings (SSSR count). The molecule has 5 heteroatoms. The van der Waals surface area contributed by atoms with Gasteiger partial charge in [-0.1, -0.05) is 0 Å². The SMILES string of the molecule is C[C@@H](N)C(=O)N1CCN([C@H]2CCSC2)CC1. The largest absolute Gasteiger partial charge is 0.339 e. The monoisotopic (exact) mass is 243 g/mol. The van der Waals surface area contributed by atoms with Crippen LogP contribution in [0.3, 0.4) is 0 Å². The van der Waals surface area contributed by atoms with Gasteiger partial charge < -0.3 is 10.6 Å². The summed E-state index contributed by atoms with van der Waals surface area (Å²) in [5, 5.41) is 0. The molecule has 0 saturated carbocycles. The van der Waals surface area contributed by atoms with E-state index in [4.69, 9.17) is 5.73 Å². The number of piperazine rings is 1. The summed E-state index contributed by atoms with van der Waals surface area (Å²) in [4.78, 5) is 16.1. The van der Waals surface area contributed by atoms with Gasteiger partial charge in [-0.3, -0.25) is 9.69 Å². The molecule has 0 unspecified atom stereocenters. The third-order valence-electron chi connectivity index (χ3n) is 3.44. The van der Waals surface area contributed by atoms with Crippen LogP contribution >= 0.6 is 11.8 Å². The normalized spacial score (nSPS) is 29.4. The Bertz CT molecular complexity index is 246. The van der Waals surface area contributed by atoms with Gasteiger partial charge >= 0.3 is 0 Å². The number of rotatable bonds is 2. The highest BCUT2D eigenvalue weighted by atomic mass is 32.2. The standard InChI is InChI=1S/C11H21N3OS/c1-9(12)11(15)14-5-3-13(4-6-14)10-2-7-16-8-10/h9-10H,2-8,12H2,1H3/t9-,10+/m1/s1. The second-order valence-corrected chi connectivity index (χ2v) is 5.82. The van der Waals surface area contributed by atoms with Crippen LogP contribution in [0.1, 0.15) is 13.3 Å². The molecule has 2 fully saturated rings. The van der Waals surface area contributed by atoms with Gasteiger partial charge in [0.25, 0.3) is 0 Å². The average Bonchev–Trinajstić information content (AvgIpc) is 2.81. The van der Waals surface area contributed by atoms with Crippen molar-refractivity contribution in [3.8, 4) is 0 Å². The van der Waals surface area contributed by atoms with Crippen LogP contribution in [-0.2, 0) is 4.79 Å². The van der Waals surface area contributed by atoms with Crippen molar-refractivity contribution in [2.24, 2.45) is 5.73 Å². The molecule has 0 aromatic rings. The van der Waals surface area contributed by atoms with Gasteiger partial charge in [0.1, 0.15) is 0 Å². The predicted octanol–water partition coefficient (Wildman–Crippen LogP) is -0.0167. The van der Waals surface area contributed by atoms with E-state index in [1.807, 2.05) is 16.7 Å². The summed E-state index contributed by atoms with van der Waals surface area (Å²) < 4.78 is 0. The van der Waals surface area contributed by atoms with E-state index < -0.39 is 0 Å². The summed E-state index contributed by atoms with van der Waals surface area (Å²) in [5.74, 6) is 2.66. The maximum atomic E-state index is 11.7. The lowest BCUT2D eigenvalue weighted by molar-refractivity contribution is -0.134. The molecule has 2 aliphatic rings. The van der Waals surface area contributed by atoms with Crippen molar-refractivity contribution in [2.45, 2.75) is 25.4 Å². The molecule has 16 heavy (non-hydrogen) atoms. The topological polar surface area (TPSA) is 49.6 Å². The second-order valence-electron chi connectivity index (χ2n) is 4.67. The highest BCUT2D eigenvalue weighted by Crippen LogP contribution is 2.23. The average molecular weight is 243 g/mol. The molecule has 1 amide bonds. The number of hydrogen-bond donors (Lipinski definition) is 1. The van der Waals surface area contributed by atoms with Crippen LogP contribution in [-0.4, -0.2) is 65.5 Å². The van der Waals surface area contributed by atoms with E-state index in [2.05, 4.69) is 4.90 Å². The zero-order valence-corrected chi connectivity index (χ0v) is 10.7. The van der Waals surface area contributed by atoms with Crippen molar-refractivity contribution in [3.63, 3.8) is 0 Å². The maximum absolute atomic E-state index is 11.7. The molecule has 0 spiro atoms. The quantitative estimate of drug-likeness (QED) is 0.741. The molecule has 0 aromatic heterocycles. The highest BCUT2D eigenvalue weighted by Gasteiger charge is 2.28. The fourth-order valence-electron chi connectivity index (χ4n) is 2.41. The van der Waals surface area contributed by atoms with Crippen molar-refractivity contribution in [1.29, 1.82) is 0 Å². The Morgan fingerprint density at radius 1 is 1.38 bits per heavy atom. The highest BCUT2D eigenvalue weighted by molar-refractivity contribution is 7.99. The van der Waals surface area contributed by atoms with Crippen LogP contribution in [0.25, 0.3) is 0 Å². The maximum Gasteiger partial charge on any atom is 0.239 e. The van der Waals surface area contributed by atoms with Crippen molar-refractivity contribution in [3.05, 3.63) is 0 Å². The lowest BCUT2D eigenvalue weighted by atomic mass is 10.2. The van der Waals surface area contributed by atoms with E-state index in [-0.39, 0.29) is 11.9 Å². The molecular formula is C11H21N3OS. The molecule has 0 aliphatic carbocycles. The molecule has 0 bridgehead atoms. The van der Waals surface area contributed by atoms with E-state index in [0.717, 1.165) is 32.2 Å². The molecule has 0 radical (unpaired) electrons. The van der Waals surface area contributed by atoms with E-state index in [1.54, 1.807) is 6.92 Å². The smallest absolute Gasteiger partial charge is 0.239 e. The summed E-state index contributed by atoms with van der Waals surface area (Å²) in [6.45, 7) is 5.50. The molecule has 2 heterocycles. The second kappa shape index (κ2) is 5.38. The molecule has 4 nitrogen and oxygen atoms in total. The number of thioether (sulfide) groups is 1. The third-order valence-corrected chi connectivity index (χ3v) is 4.58. The minimum Gasteiger partial charge on any atom is -0.339 e. The zero-order valence-electron chi connectivity index (χ0n) is 9.89. The van der Waals surface area contributed by atoms with E-state index >= 15 is 0 Å². The Balaban J connectivity index is 1.80. The van der Waals surface area contributed by atoms with Crippen LogP contribution in [0.5, 0.6) is 0 Å². The number of nitrogens with zero attached hydrogens (tertiary/aromatic N) is 2. The van der Waals surface area contributed by atoms with Crippen molar-refractivity contribution < 1.29 is 4.79 Å². The summed E-state index contributed by atoms with van der Waals surface area (Å²) in [7, 11) is 0. The van der Waals surface area contributed by atoms with Crippen LogP contribution in [0.15, 0.2) is 0 Å². The van der Waals surface area contributed by atoms with E-state index in [1.165, 1.54) is 17.9 Å². The first-order chi connectivity index (χ1) is 7.68. The summed E-state index contributed by atoms with van der Waals surface area (Å²) >= 11 is 2.05. The number of carbonyl (C=O) groups is 1. The van der Waals surface area contributed by atoms with Crippen LogP contribution in [0, 0.1) is 0 Å². The van der Waals surface area contributed by atoms with Gasteiger partial charge in [0.2, 0.25) is 5.91 Å². The van der Waals surface area contributed by atoms with Gasteiger partial charge in [0, 0.05) is 38.0 Å². The van der Waals surface area contributed by atoms with Crippen LogP contribution in [0.4, 0.5) is 0 Å². The number of carbonyl (C=O) groups excluding carboxylic acids is 1. The van der Waals surface area contributed by atoms with Gasteiger partial charge in [-0.15, -0.1) is 0 Å². The van der Waals surface area contributed by atoms with Gasteiger partial charge in [-0.05, 0) is 19.1 Å². The molecule has 2 atom stereocenters. The van der Waals surface area contributed by atoms with Gasteiger partial charge in [0.15, 0.2) is 0 Å². The number of hydrogen-bond acceptors (Lipinski definition) is 4. The minimum absolute atomic E-state index is 0.0976. The first kappa shape index (κ1) is 12.2. The lowest BCUT2D eigenvalue weighted by Gasteiger charge is -2.38. The first-order valence-corrected chi connectivity index (χ1v) is 7.20. The molecule has 0 aromatic carbocycles. The summed E-state index contributed by atoms with van der Waals surface area (Å²) in [5.41, 5.74) is 5.62. The Morgan fingerprint density at radius 3 is 2.56 bits per heavy atom. The van der Waals surface area contributed by atoms with Gasteiger partial charge in [-0.2, -0.15) is 11.8 Å². The lowest BCUT2D eigenvalue weighted by Crippen LogP contribution is -2.54. The minimum atomic E-state index is -0.353. The van der Waals surface area contributed by atoms with E-state index in [9.17, 15) is 4.79 Å². The molecule has 92 valence electrons. The fourth-order valence-corrected chi connectivity index (χ4v) is 3.66. The van der Waals surface area contributed by atoms with Crippen molar-refractivity contribution >= 4 is 17.7 Å². The Labute approximate surface area is 102 Å². The van der Waals surface area contributed by atoms with Gasteiger partial charge in [0.05, 0.1) is 6.04 Å². The Morgan fingerprint density at radius 2 is 2.06 bits per heavy atom. The molecule has 2 saturated heterocycles. The molecule has 2 N–H and O–H groups in total. The van der Waals surface area contributed by atoms with Gasteiger partial charge in [-0.25, -0.2) is 0 Å². The zero-order chi connectivity index (χ0) is 11.5. The Kier molecular flexibility index (Phi) is 4.10. The van der Waals surface area contributed by atoms with Crippen LogP contribution in [0.2, 0.25) is 0 Å². The number of nitrogens with two attached hydrogens (primary N) is 1. The Hall–Kier alpha value is -0.260. The summed E-state index contributed by atoms with van der Waals surface area (Å²) in [6.07, 6.45) is 1.31. The van der Waals surface area contributed by atoms with Crippen molar-refractivity contribution in [2.75, 3.05) is 37.7 Å². The first-order valence-electron chi connectivity index (χ1n) is 6.04. The van der Waals surface area contributed by atoms with Crippen molar-refractivity contribution in [1.82, 2.24) is 9.80 Å². The fraction of sp³-hybridized carbons (Fsp3) is 0.909. The van der Waals surface area contributed by atoms with E-state index in [0.29, 0.717) is 0 Å². The predicted molar refractivity (Wildman–Crippen MR) is 67.5 cm³/mol. The third kappa shape index (κ3) is 2.70.